The van der Waals surface area contributed by atoms with Gasteiger partial charge in [0.25, 0.3) is 5.91 Å². The van der Waals surface area contributed by atoms with Gasteiger partial charge in [0, 0.05) is 23.4 Å². The molecule has 1 aliphatic heterocycles. The van der Waals surface area contributed by atoms with Crippen LogP contribution in [0.4, 0.5) is 5.69 Å². The lowest BCUT2D eigenvalue weighted by molar-refractivity contribution is -0.139. The van der Waals surface area contributed by atoms with Crippen molar-refractivity contribution in [1.82, 2.24) is 20.5 Å². The first-order valence-electron chi connectivity index (χ1n) is 12.2. The van der Waals surface area contributed by atoms with Gasteiger partial charge in [0.15, 0.2) is 0 Å². The standard InChI is InChI=1S/C28H29N5O3/c1-18-25(19(2)32(30-18)17-20-9-4-3-5-10-20)16-29-26(34)21-11-8-12-22(15-21)33-28(36)24-14-7-6-13-23(24)27(35)31-33/h3-12,15,23-24H,13-14,16-17H2,1-2H3,(H,29,34)(H,31,35)/t23-,24+/m0/s1. The molecule has 1 aliphatic carbocycles. The molecule has 2 N–H and O–H groups in total. The third-order valence-electron chi connectivity index (χ3n) is 7.03. The van der Waals surface area contributed by atoms with Crippen LogP contribution in [0.3, 0.4) is 0 Å². The highest BCUT2D eigenvalue weighted by Crippen LogP contribution is 2.32. The van der Waals surface area contributed by atoms with E-state index in [1.54, 1.807) is 24.3 Å². The minimum Gasteiger partial charge on any atom is -0.348 e. The minimum absolute atomic E-state index is 0.154. The molecule has 1 aromatic heterocycles. The smallest absolute Gasteiger partial charge is 0.251 e. The number of allylic oxidation sites excluding steroid dienone is 2. The second-order valence-electron chi connectivity index (χ2n) is 9.33. The van der Waals surface area contributed by atoms with E-state index in [1.165, 1.54) is 5.01 Å². The van der Waals surface area contributed by atoms with Crippen LogP contribution in [0.1, 0.15) is 45.7 Å². The zero-order chi connectivity index (χ0) is 25.2. The van der Waals surface area contributed by atoms with Crippen molar-refractivity contribution in [2.24, 2.45) is 11.8 Å². The van der Waals surface area contributed by atoms with E-state index in [0.717, 1.165) is 22.5 Å². The lowest BCUT2D eigenvalue weighted by atomic mass is 9.80. The Bertz CT molecular complexity index is 1340. The van der Waals surface area contributed by atoms with Crippen molar-refractivity contribution >= 4 is 23.4 Å². The molecule has 0 spiro atoms. The van der Waals surface area contributed by atoms with E-state index in [9.17, 15) is 14.4 Å². The van der Waals surface area contributed by atoms with E-state index in [1.807, 2.05) is 48.9 Å². The molecule has 8 nitrogen and oxygen atoms in total. The number of nitrogens with one attached hydrogen (secondary N) is 2. The van der Waals surface area contributed by atoms with Crippen LogP contribution in [0.2, 0.25) is 0 Å². The van der Waals surface area contributed by atoms with Crippen molar-refractivity contribution in [3.05, 3.63) is 94.8 Å². The van der Waals surface area contributed by atoms with Crippen LogP contribution >= 0.6 is 0 Å². The van der Waals surface area contributed by atoms with Crippen LogP contribution < -0.4 is 15.8 Å². The summed E-state index contributed by atoms with van der Waals surface area (Å²) < 4.78 is 1.95. The quantitative estimate of drug-likeness (QED) is 0.525. The lowest BCUT2D eigenvalue weighted by Gasteiger charge is -2.38. The number of hydrazine groups is 1. The van der Waals surface area contributed by atoms with Gasteiger partial charge in [0.05, 0.1) is 29.8 Å². The van der Waals surface area contributed by atoms with Gasteiger partial charge in [-0.25, -0.2) is 5.01 Å². The second-order valence-corrected chi connectivity index (χ2v) is 9.33. The SMILES string of the molecule is Cc1nn(Cc2ccccc2)c(C)c1CNC(=O)c1cccc(N2NC(=O)[C@H]3CC=CC[C@H]3C2=O)c1. The molecule has 0 unspecified atom stereocenters. The largest absolute Gasteiger partial charge is 0.348 e. The molecule has 184 valence electrons. The Balaban J connectivity index is 1.28. The van der Waals surface area contributed by atoms with Crippen molar-refractivity contribution < 1.29 is 14.4 Å². The molecule has 2 aromatic carbocycles. The first-order chi connectivity index (χ1) is 17.4. The summed E-state index contributed by atoms with van der Waals surface area (Å²) in [6.45, 7) is 4.94. The Morgan fingerprint density at radius 1 is 1.03 bits per heavy atom. The molecule has 2 aliphatic rings. The molecule has 3 amide bonds. The number of aryl methyl sites for hydroxylation is 1. The number of carbonyl (C=O) groups excluding carboxylic acids is 3. The summed E-state index contributed by atoms with van der Waals surface area (Å²) in [7, 11) is 0. The number of amides is 3. The minimum atomic E-state index is -0.375. The number of rotatable bonds is 6. The molecule has 1 saturated heterocycles. The van der Waals surface area contributed by atoms with Gasteiger partial charge in [-0.2, -0.15) is 5.10 Å². The van der Waals surface area contributed by atoms with Gasteiger partial charge >= 0.3 is 0 Å². The van der Waals surface area contributed by atoms with Gasteiger partial charge < -0.3 is 5.32 Å². The maximum Gasteiger partial charge on any atom is 0.251 e. The zero-order valence-corrected chi connectivity index (χ0v) is 20.4. The summed E-state index contributed by atoms with van der Waals surface area (Å²) in [6.07, 6.45) is 5.01. The van der Waals surface area contributed by atoms with E-state index in [0.29, 0.717) is 37.2 Å². The Kier molecular flexibility index (Phi) is 6.41. The summed E-state index contributed by atoms with van der Waals surface area (Å²) in [5, 5.41) is 8.91. The predicted octanol–water partition coefficient (Wildman–Crippen LogP) is 3.44. The van der Waals surface area contributed by atoms with Crippen LogP contribution in [0.5, 0.6) is 0 Å². The molecular weight excluding hydrogens is 454 g/mol. The van der Waals surface area contributed by atoms with E-state index in [-0.39, 0.29) is 29.6 Å². The van der Waals surface area contributed by atoms with Crippen molar-refractivity contribution in [3.63, 3.8) is 0 Å². The van der Waals surface area contributed by atoms with E-state index >= 15 is 0 Å². The highest BCUT2D eigenvalue weighted by atomic mass is 16.2. The Hall–Kier alpha value is -4.20. The number of nitrogens with zero attached hydrogens (tertiary/aromatic N) is 3. The topological polar surface area (TPSA) is 96.3 Å². The predicted molar refractivity (Wildman–Crippen MR) is 136 cm³/mol. The average molecular weight is 484 g/mol. The first-order valence-corrected chi connectivity index (χ1v) is 12.2. The number of carbonyl (C=O) groups is 3. The highest BCUT2D eigenvalue weighted by Gasteiger charge is 2.42. The van der Waals surface area contributed by atoms with Gasteiger partial charge in [0.1, 0.15) is 0 Å². The Morgan fingerprint density at radius 2 is 1.78 bits per heavy atom. The first kappa shape index (κ1) is 23.5. The highest BCUT2D eigenvalue weighted by molar-refractivity contribution is 6.05. The van der Waals surface area contributed by atoms with Crippen LogP contribution in [0.15, 0.2) is 66.7 Å². The normalized spacial score (nSPS) is 19.1. The monoisotopic (exact) mass is 483 g/mol. The third kappa shape index (κ3) is 4.54. The molecule has 3 aromatic rings. The summed E-state index contributed by atoms with van der Waals surface area (Å²) in [4.78, 5) is 38.7. The van der Waals surface area contributed by atoms with Gasteiger partial charge in [-0.15, -0.1) is 0 Å². The maximum absolute atomic E-state index is 13.1. The summed E-state index contributed by atoms with van der Waals surface area (Å²) in [5.41, 5.74) is 7.60. The fourth-order valence-electron chi connectivity index (χ4n) is 4.94. The van der Waals surface area contributed by atoms with Crippen molar-refractivity contribution in [2.45, 2.75) is 39.8 Å². The molecule has 8 heteroatoms. The molecule has 2 heterocycles. The molecule has 36 heavy (non-hydrogen) atoms. The second kappa shape index (κ2) is 9.81. The molecule has 5 rings (SSSR count). The summed E-state index contributed by atoms with van der Waals surface area (Å²) >= 11 is 0. The molecule has 0 radical (unpaired) electrons. The Labute approximate surface area is 210 Å². The summed E-state index contributed by atoms with van der Waals surface area (Å²) in [5.74, 6) is -1.30. The van der Waals surface area contributed by atoms with Gasteiger partial charge in [-0.1, -0.05) is 48.6 Å². The molecule has 2 atom stereocenters. The van der Waals surface area contributed by atoms with Crippen LogP contribution in [0.25, 0.3) is 0 Å². The molecular formula is C28H29N5O3. The molecule has 1 fully saturated rings. The lowest BCUT2D eigenvalue weighted by Crippen LogP contribution is -2.59. The number of aromatic nitrogens is 2. The number of hydrogen-bond donors (Lipinski definition) is 2. The van der Waals surface area contributed by atoms with Gasteiger partial charge in [-0.05, 0) is 50.5 Å². The number of anilines is 1. The Morgan fingerprint density at radius 3 is 2.56 bits per heavy atom. The zero-order valence-electron chi connectivity index (χ0n) is 20.4. The summed E-state index contributed by atoms with van der Waals surface area (Å²) in [6, 6.07) is 16.9. The van der Waals surface area contributed by atoms with Crippen molar-refractivity contribution in [2.75, 3.05) is 5.01 Å². The van der Waals surface area contributed by atoms with Crippen LogP contribution in [-0.2, 0) is 22.7 Å². The fourth-order valence-corrected chi connectivity index (χ4v) is 4.94. The molecule has 0 saturated carbocycles. The van der Waals surface area contributed by atoms with E-state index in [2.05, 4.69) is 28.0 Å². The maximum atomic E-state index is 13.1. The van der Waals surface area contributed by atoms with E-state index < -0.39 is 0 Å². The van der Waals surface area contributed by atoms with Gasteiger partial charge in [0.2, 0.25) is 11.8 Å². The fraction of sp³-hybridized carbons (Fsp3) is 0.286. The number of fused-ring (bicyclic) bond motifs is 1. The van der Waals surface area contributed by atoms with Gasteiger partial charge in [-0.3, -0.25) is 24.5 Å². The number of hydrogen-bond acceptors (Lipinski definition) is 4. The molecule has 0 bridgehead atoms. The number of benzene rings is 2. The van der Waals surface area contributed by atoms with Crippen LogP contribution in [0, 0.1) is 25.7 Å². The van der Waals surface area contributed by atoms with E-state index in [4.69, 9.17) is 0 Å². The average Bonchev–Trinajstić information content (AvgIpc) is 3.17. The third-order valence-corrected chi connectivity index (χ3v) is 7.03. The van der Waals surface area contributed by atoms with Crippen molar-refractivity contribution in [1.29, 1.82) is 0 Å². The van der Waals surface area contributed by atoms with Crippen LogP contribution in [-0.4, -0.2) is 27.5 Å². The van der Waals surface area contributed by atoms with Crippen molar-refractivity contribution in [3.8, 4) is 0 Å².